The molecule has 2 aromatic rings. The molecule has 2 N–H and O–H groups in total. The lowest BCUT2D eigenvalue weighted by Crippen LogP contribution is -2.50. The molecule has 0 saturated heterocycles. The predicted molar refractivity (Wildman–Crippen MR) is 217 cm³/mol. The highest BCUT2D eigenvalue weighted by atomic mass is 32.1. The maximum atomic E-state index is 13.2. The minimum Gasteiger partial charge on any atom is -0.462 e. The van der Waals surface area contributed by atoms with Crippen molar-refractivity contribution in [2.24, 2.45) is 16.8 Å². The SMILES string of the molecule is Cc1cnc(NC(=O)C2CCc3ccccc3C2OC(=O)OCCOCCOCCOCCOCCOCCOCCOC2=NC3OC(=O)C=C(CCCC(F)F)C3C(=O)N2)s1. The third kappa shape index (κ3) is 16.6. The van der Waals surface area contributed by atoms with Crippen LogP contribution in [0, 0.1) is 18.8 Å². The van der Waals surface area contributed by atoms with Crippen molar-refractivity contribution in [3.05, 3.63) is 58.1 Å². The molecule has 0 spiro atoms. The fourth-order valence-corrected chi connectivity index (χ4v) is 7.27. The molecule has 1 aliphatic carbocycles. The van der Waals surface area contributed by atoms with Gasteiger partial charge in [-0.15, -0.1) is 11.3 Å². The summed E-state index contributed by atoms with van der Waals surface area (Å²) in [4.78, 5) is 59.7. The van der Waals surface area contributed by atoms with Crippen molar-refractivity contribution < 1.29 is 75.3 Å². The molecule has 0 fully saturated rings. The van der Waals surface area contributed by atoms with Gasteiger partial charge in [0.2, 0.25) is 24.5 Å². The Bertz CT molecular complexity index is 1800. The third-order valence-corrected chi connectivity index (χ3v) is 10.3. The number of amidine groups is 1. The van der Waals surface area contributed by atoms with Crippen LogP contribution < -0.4 is 10.6 Å². The van der Waals surface area contributed by atoms with Crippen LogP contribution in [0.1, 0.15) is 47.8 Å². The number of aliphatic imine (C=N–C) groups is 1. The number of anilines is 1. The van der Waals surface area contributed by atoms with E-state index < -0.39 is 48.6 Å². The van der Waals surface area contributed by atoms with E-state index in [9.17, 15) is 28.0 Å². The first kappa shape index (κ1) is 48.4. The summed E-state index contributed by atoms with van der Waals surface area (Å²) < 4.78 is 79.4. The molecule has 1 aromatic carbocycles. The van der Waals surface area contributed by atoms with Crippen LogP contribution in [0.2, 0.25) is 0 Å². The highest BCUT2D eigenvalue weighted by Gasteiger charge is 2.42. The topological polar surface area (TPSA) is 210 Å². The van der Waals surface area contributed by atoms with Gasteiger partial charge < -0.3 is 52.7 Å². The number of nitrogens with one attached hydrogen (secondary N) is 2. The number of esters is 1. The number of rotatable bonds is 28. The van der Waals surface area contributed by atoms with Crippen LogP contribution in [0.25, 0.3) is 0 Å². The number of alkyl halides is 2. The number of fused-ring (bicyclic) bond motifs is 2. The highest BCUT2D eigenvalue weighted by Crippen LogP contribution is 2.38. The Labute approximate surface area is 361 Å². The van der Waals surface area contributed by atoms with Gasteiger partial charge in [-0.05, 0) is 49.3 Å². The molecule has 342 valence electrons. The van der Waals surface area contributed by atoms with Crippen molar-refractivity contribution in [2.45, 2.75) is 57.8 Å². The van der Waals surface area contributed by atoms with Gasteiger partial charge in [0.05, 0.1) is 85.2 Å². The molecule has 0 radical (unpaired) electrons. The summed E-state index contributed by atoms with van der Waals surface area (Å²) in [7, 11) is 0. The fraction of sp³-hybridized carbons (Fsp3) is 0.610. The number of hydrogen-bond acceptors (Lipinski definition) is 17. The van der Waals surface area contributed by atoms with E-state index >= 15 is 0 Å². The van der Waals surface area contributed by atoms with E-state index in [0.717, 1.165) is 16.0 Å². The van der Waals surface area contributed by atoms with Crippen molar-refractivity contribution in [3.8, 4) is 0 Å². The van der Waals surface area contributed by atoms with E-state index in [-0.39, 0.29) is 57.6 Å². The molecule has 4 unspecified atom stereocenters. The molecular formula is C41H54F2N4O14S. The second-order valence-corrected chi connectivity index (χ2v) is 15.2. The second-order valence-electron chi connectivity index (χ2n) is 14.0. The summed E-state index contributed by atoms with van der Waals surface area (Å²) >= 11 is 1.38. The maximum Gasteiger partial charge on any atom is 0.508 e. The normalized spacial score (nSPS) is 19.4. The van der Waals surface area contributed by atoms with Gasteiger partial charge in [-0.1, -0.05) is 24.3 Å². The molecule has 1 aromatic heterocycles. The monoisotopic (exact) mass is 896 g/mol. The van der Waals surface area contributed by atoms with Crippen molar-refractivity contribution >= 4 is 46.4 Å². The van der Waals surface area contributed by atoms with Crippen molar-refractivity contribution in [1.82, 2.24) is 10.3 Å². The zero-order valence-electron chi connectivity index (χ0n) is 34.6. The quantitative estimate of drug-likeness (QED) is 0.0901. The Balaban J connectivity index is 0.789. The Morgan fingerprint density at radius 3 is 2.11 bits per heavy atom. The number of benzene rings is 1. The molecule has 21 heteroatoms. The first-order chi connectivity index (χ1) is 30.2. The molecule has 18 nitrogen and oxygen atoms in total. The number of aromatic nitrogens is 1. The number of amides is 2. The lowest BCUT2D eigenvalue weighted by molar-refractivity contribution is -0.150. The van der Waals surface area contributed by atoms with Gasteiger partial charge in [0, 0.05) is 23.6 Å². The van der Waals surface area contributed by atoms with E-state index in [1.165, 1.54) is 17.4 Å². The van der Waals surface area contributed by atoms with Crippen LogP contribution in [0.4, 0.5) is 18.7 Å². The van der Waals surface area contributed by atoms with Crippen LogP contribution in [-0.2, 0) is 68.2 Å². The lowest BCUT2D eigenvalue weighted by atomic mass is 9.81. The average Bonchev–Trinajstić information content (AvgIpc) is 3.65. The summed E-state index contributed by atoms with van der Waals surface area (Å²) in [6.45, 7) is 5.75. The molecule has 0 saturated carbocycles. The number of thiazole rings is 1. The first-order valence-electron chi connectivity index (χ1n) is 20.5. The van der Waals surface area contributed by atoms with E-state index in [1.807, 2.05) is 31.2 Å². The Kier molecular flexibility index (Phi) is 20.9. The smallest absolute Gasteiger partial charge is 0.462 e. The molecule has 2 amide bonds. The molecule has 4 atom stereocenters. The number of halogens is 2. The lowest BCUT2D eigenvalue weighted by Gasteiger charge is -2.32. The number of nitrogens with zero attached hydrogens (tertiary/aromatic N) is 2. The van der Waals surface area contributed by atoms with Crippen LogP contribution in [0.3, 0.4) is 0 Å². The summed E-state index contributed by atoms with van der Waals surface area (Å²) in [5, 5.41) is 5.86. The maximum absolute atomic E-state index is 13.2. The molecule has 62 heavy (non-hydrogen) atoms. The Morgan fingerprint density at radius 1 is 0.887 bits per heavy atom. The van der Waals surface area contributed by atoms with E-state index in [4.69, 9.17) is 47.4 Å². The molecule has 3 heterocycles. The highest BCUT2D eigenvalue weighted by molar-refractivity contribution is 7.15. The van der Waals surface area contributed by atoms with Gasteiger partial charge in [-0.3, -0.25) is 14.9 Å². The molecular weight excluding hydrogens is 843 g/mol. The van der Waals surface area contributed by atoms with Crippen LogP contribution in [-0.4, -0.2) is 140 Å². The van der Waals surface area contributed by atoms with Crippen LogP contribution in [0.15, 0.2) is 47.1 Å². The van der Waals surface area contributed by atoms with E-state index in [1.54, 1.807) is 6.20 Å². The zero-order valence-corrected chi connectivity index (χ0v) is 35.4. The second kappa shape index (κ2) is 26.7. The summed E-state index contributed by atoms with van der Waals surface area (Å²) in [5.41, 5.74) is 2.21. The van der Waals surface area contributed by atoms with Crippen molar-refractivity contribution in [2.75, 3.05) is 97.8 Å². The summed E-state index contributed by atoms with van der Waals surface area (Å²) in [5.74, 6) is -2.91. The van der Waals surface area contributed by atoms with Gasteiger partial charge in [0.1, 0.15) is 25.2 Å². The van der Waals surface area contributed by atoms with Gasteiger partial charge in [0.25, 0.3) is 6.02 Å². The minimum absolute atomic E-state index is 0.0252. The first-order valence-corrected chi connectivity index (χ1v) is 21.3. The molecule has 0 bridgehead atoms. The fourth-order valence-electron chi connectivity index (χ4n) is 6.60. The van der Waals surface area contributed by atoms with Crippen molar-refractivity contribution in [1.29, 1.82) is 0 Å². The number of carbonyl (C=O) groups excluding carboxylic acids is 4. The van der Waals surface area contributed by atoms with Crippen molar-refractivity contribution in [3.63, 3.8) is 0 Å². The van der Waals surface area contributed by atoms with E-state index in [2.05, 4.69) is 20.6 Å². The molecule has 2 aliphatic heterocycles. The van der Waals surface area contributed by atoms with Gasteiger partial charge in [-0.2, -0.15) is 4.99 Å². The summed E-state index contributed by atoms with van der Waals surface area (Å²) in [6.07, 6.45) is -1.24. The third-order valence-electron chi connectivity index (χ3n) is 9.51. The van der Waals surface area contributed by atoms with Gasteiger partial charge in [-0.25, -0.2) is 23.4 Å². The zero-order chi connectivity index (χ0) is 43.9. The van der Waals surface area contributed by atoms with Crippen LogP contribution >= 0.6 is 11.3 Å². The number of carbonyl (C=O) groups is 4. The average molecular weight is 897 g/mol. The Morgan fingerprint density at radius 2 is 1.50 bits per heavy atom. The molecule has 5 rings (SSSR count). The number of aryl methyl sites for hydroxylation is 2. The predicted octanol–water partition coefficient (Wildman–Crippen LogP) is 4.31. The molecule has 3 aliphatic rings. The van der Waals surface area contributed by atoms with Gasteiger partial charge in [0.15, 0.2) is 5.13 Å². The van der Waals surface area contributed by atoms with Crippen LogP contribution in [0.5, 0.6) is 0 Å². The number of ether oxygens (including phenoxy) is 10. The Hall–Kier alpha value is -4.64. The summed E-state index contributed by atoms with van der Waals surface area (Å²) in [6, 6.07) is 7.48. The largest absolute Gasteiger partial charge is 0.508 e. The minimum atomic E-state index is -2.46. The van der Waals surface area contributed by atoms with Gasteiger partial charge >= 0.3 is 12.1 Å². The number of hydrogen-bond donors (Lipinski definition) is 2. The van der Waals surface area contributed by atoms with E-state index in [0.29, 0.717) is 89.6 Å². The standard InChI is InChI=1S/C41H54F2N4O14S/c1-27-26-44-40(62-27)46-36(49)31-10-9-28-5-2-3-7-30(28)35(31)61-41(51)59-24-22-57-20-18-55-16-14-53-12-11-52-13-15-54-17-19-56-21-23-58-39-45-37(50)34-29(6-4-8-32(42)43)25-33(48)60-38(34)47-39/h2-3,5,7,25-26,31-32,34-35,38H,4,6,8-24H2,1H3,(H,44,46,49)(H,45,47,50).